The van der Waals surface area contributed by atoms with Gasteiger partial charge in [-0.2, -0.15) is 5.10 Å². The quantitative estimate of drug-likeness (QED) is 0.851. The lowest BCUT2D eigenvalue weighted by atomic mass is 10.1. The fourth-order valence-electron chi connectivity index (χ4n) is 2.53. The van der Waals surface area contributed by atoms with Gasteiger partial charge in [0.25, 0.3) is 5.56 Å². The summed E-state index contributed by atoms with van der Waals surface area (Å²) in [6.45, 7) is 5.24. The molecule has 0 unspecified atom stereocenters. The Labute approximate surface area is 154 Å². The zero-order chi connectivity index (χ0) is 17.9. The van der Waals surface area contributed by atoms with E-state index in [1.807, 2.05) is 32.8 Å². The van der Waals surface area contributed by atoms with Crippen LogP contribution in [0.4, 0.5) is 4.39 Å². The van der Waals surface area contributed by atoms with Crippen LogP contribution in [0.2, 0.25) is 0 Å². The Kier molecular flexibility index (Phi) is 7.73. The van der Waals surface area contributed by atoms with Crippen molar-refractivity contribution >= 4 is 12.4 Å². The Morgan fingerprint density at radius 1 is 1.24 bits per heavy atom. The summed E-state index contributed by atoms with van der Waals surface area (Å²) in [5, 5.41) is 4.43. The van der Waals surface area contributed by atoms with E-state index in [4.69, 9.17) is 5.73 Å². The number of halogens is 2. The highest BCUT2D eigenvalue weighted by atomic mass is 35.5. The van der Waals surface area contributed by atoms with Gasteiger partial charge < -0.3 is 10.6 Å². The lowest BCUT2D eigenvalue weighted by Gasteiger charge is -2.15. The Hall–Kier alpha value is -1.76. The highest BCUT2D eigenvalue weighted by molar-refractivity contribution is 5.85. The van der Waals surface area contributed by atoms with E-state index in [-0.39, 0.29) is 36.2 Å². The van der Waals surface area contributed by atoms with E-state index in [9.17, 15) is 9.18 Å². The van der Waals surface area contributed by atoms with Crippen molar-refractivity contribution in [3.8, 4) is 11.3 Å². The van der Waals surface area contributed by atoms with Crippen molar-refractivity contribution in [2.45, 2.75) is 33.5 Å². The summed E-state index contributed by atoms with van der Waals surface area (Å²) in [4.78, 5) is 14.5. The predicted molar refractivity (Wildman–Crippen MR) is 101 cm³/mol. The molecule has 1 aromatic heterocycles. The van der Waals surface area contributed by atoms with Crippen LogP contribution >= 0.6 is 12.4 Å². The van der Waals surface area contributed by atoms with E-state index < -0.39 is 0 Å². The largest absolute Gasteiger partial charge is 0.326 e. The van der Waals surface area contributed by atoms with Gasteiger partial charge in [-0.1, -0.05) is 26.0 Å². The van der Waals surface area contributed by atoms with Gasteiger partial charge in [0, 0.05) is 36.3 Å². The number of hydrogen-bond donors (Lipinski definition) is 1. The SMILES string of the molecule is CC(C)Cn1nc(-c2ccc(CN)c(F)c2)cc(CN(C)C)c1=O.Cl. The topological polar surface area (TPSA) is 64.2 Å². The summed E-state index contributed by atoms with van der Waals surface area (Å²) in [5.74, 6) is -0.0680. The molecule has 7 heteroatoms. The molecule has 0 fully saturated rings. The summed E-state index contributed by atoms with van der Waals surface area (Å²) >= 11 is 0. The lowest BCUT2D eigenvalue weighted by molar-refractivity contribution is 0.392. The lowest BCUT2D eigenvalue weighted by Crippen LogP contribution is -2.30. The van der Waals surface area contributed by atoms with Crippen molar-refractivity contribution in [3.05, 3.63) is 51.6 Å². The van der Waals surface area contributed by atoms with Gasteiger partial charge in [0.15, 0.2) is 0 Å². The molecule has 0 aliphatic rings. The maximum atomic E-state index is 14.1. The van der Waals surface area contributed by atoms with E-state index in [1.165, 1.54) is 10.7 Å². The van der Waals surface area contributed by atoms with Crippen LogP contribution in [0.1, 0.15) is 25.0 Å². The Bertz CT molecular complexity index is 740. The molecule has 0 aliphatic heterocycles. The standard InChI is InChI=1S/C18H25FN4O.ClH/c1-12(2)10-23-18(24)15(11-22(3)4)8-17(21-23)13-5-6-14(9-20)16(19)7-13;/h5-8,12H,9-11,20H2,1-4H3;1H. The molecule has 0 radical (unpaired) electrons. The average molecular weight is 369 g/mol. The molecule has 1 heterocycles. The summed E-state index contributed by atoms with van der Waals surface area (Å²) in [5.41, 5.74) is 7.75. The number of aromatic nitrogens is 2. The third-order valence-electron chi connectivity index (χ3n) is 3.64. The van der Waals surface area contributed by atoms with Gasteiger partial charge >= 0.3 is 0 Å². The fraction of sp³-hybridized carbons (Fsp3) is 0.444. The minimum absolute atomic E-state index is 0. The van der Waals surface area contributed by atoms with E-state index in [0.29, 0.717) is 35.5 Å². The molecule has 0 spiro atoms. The number of rotatable bonds is 6. The highest BCUT2D eigenvalue weighted by Crippen LogP contribution is 2.20. The van der Waals surface area contributed by atoms with Crippen molar-refractivity contribution in [1.82, 2.24) is 14.7 Å². The van der Waals surface area contributed by atoms with Crippen molar-refractivity contribution in [3.63, 3.8) is 0 Å². The first-order valence-corrected chi connectivity index (χ1v) is 8.06. The van der Waals surface area contributed by atoms with Crippen LogP contribution < -0.4 is 11.3 Å². The molecule has 138 valence electrons. The molecule has 1 aromatic carbocycles. The van der Waals surface area contributed by atoms with Crippen LogP contribution in [0.15, 0.2) is 29.1 Å². The molecular formula is C18H26ClFN4O. The van der Waals surface area contributed by atoms with Crippen LogP contribution in [-0.2, 0) is 19.6 Å². The maximum Gasteiger partial charge on any atom is 0.271 e. The molecule has 0 saturated heterocycles. The van der Waals surface area contributed by atoms with E-state index in [2.05, 4.69) is 5.10 Å². The number of nitrogens with two attached hydrogens (primary N) is 1. The smallest absolute Gasteiger partial charge is 0.271 e. The van der Waals surface area contributed by atoms with Gasteiger partial charge in [0.2, 0.25) is 0 Å². The molecule has 0 aliphatic carbocycles. The first kappa shape index (κ1) is 21.3. The van der Waals surface area contributed by atoms with Gasteiger partial charge in [-0.25, -0.2) is 9.07 Å². The van der Waals surface area contributed by atoms with Gasteiger partial charge in [-0.3, -0.25) is 4.79 Å². The van der Waals surface area contributed by atoms with E-state index >= 15 is 0 Å². The molecule has 2 rings (SSSR count). The van der Waals surface area contributed by atoms with Crippen molar-refractivity contribution in [2.75, 3.05) is 14.1 Å². The highest BCUT2D eigenvalue weighted by Gasteiger charge is 2.13. The van der Waals surface area contributed by atoms with Crippen LogP contribution in [-0.4, -0.2) is 28.8 Å². The zero-order valence-electron chi connectivity index (χ0n) is 15.1. The second kappa shape index (κ2) is 9.08. The maximum absolute atomic E-state index is 14.1. The van der Waals surface area contributed by atoms with Crippen LogP contribution in [0, 0.1) is 11.7 Å². The molecule has 0 amide bonds. The van der Waals surface area contributed by atoms with E-state index in [0.717, 1.165) is 0 Å². The molecule has 25 heavy (non-hydrogen) atoms. The number of nitrogens with zero attached hydrogens (tertiary/aromatic N) is 3. The molecule has 2 N–H and O–H groups in total. The average Bonchev–Trinajstić information content (AvgIpc) is 2.50. The monoisotopic (exact) mass is 368 g/mol. The molecule has 0 saturated carbocycles. The van der Waals surface area contributed by atoms with Crippen LogP contribution in [0.5, 0.6) is 0 Å². The van der Waals surface area contributed by atoms with Crippen molar-refractivity contribution in [1.29, 1.82) is 0 Å². The Morgan fingerprint density at radius 3 is 2.44 bits per heavy atom. The van der Waals surface area contributed by atoms with Gasteiger partial charge in [0.1, 0.15) is 5.82 Å². The fourth-order valence-corrected chi connectivity index (χ4v) is 2.53. The van der Waals surface area contributed by atoms with Crippen molar-refractivity contribution < 1.29 is 4.39 Å². The zero-order valence-corrected chi connectivity index (χ0v) is 15.9. The molecular weight excluding hydrogens is 343 g/mol. The van der Waals surface area contributed by atoms with Crippen LogP contribution in [0.25, 0.3) is 11.3 Å². The van der Waals surface area contributed by atoms with E-state index in [1.54, 1.807) is 18.2 Å². The number of hydrogen-bond acceptors (Lipinski definition) is 4. The van der Waals surface area contributed by atoms with Crippen molar-refractivity contribution in [2.24, 2.45) is 11.7 Å². The molecule has 5 nitrogen and oxygen atoms in total. The Balaban J connectivity index is 0.00000312. The van der Waals surface area contributed by atoms with Gasteiger partial charge in [-0.15, -0.1) is 12.4 Å². The first-order valence-electron chi connectivity index (χ1n) is 8.06. The third-order valence-corrected chi connectivity index (χ3v) is 3.64. The summed E-state index contributed by atoms with van der Waals surface area (Å²) in [7, 11) is 3.81. The number of benzene rings is 1. The third kappa shape index (κ3) is 5.36. The summed E-state index contributed by atoms with van der Waals surface area (Å²) in [6.07, 6.45) is 0. The summed E-state index contributed by atoms with van der Waals surface area (Å²) < 4.78 is 15.5. The van der Waals surface area contributed by atoms with Gasteiger partial charge in [0.05, 0.1) is 5.69 Å². The van der Waals surface area contributed by atoms with Crippen LogP contribution in [0.3, 0.4) is 0 Å². The minimum Gasteiger partial charge on any atom is -0.326 e. The second-order valence-corrected chi connectivity index (χ2v) is 6.68. The minimum atomic E-state index is -0.354. The molecule has 0 bridgehead atoms. The summed E-state index contributed by atoms with van der Waals surface area (Å²) in [6, 6.07) is 6.62. The second-order valence-electron chi connectivity index (χ2n) is 6.68. The predicted octanol–water partition coefficient (Wildman–Crippen LogP) is 2.65. The molecule has 2 aromatic rings. The normalized spacial score (nSPS) is 11.0. The van der Waals surface area contributed by atoms with Gasteiger partial charge in [-0.05, 0) is 32.1 Å². The molecule has 0 atom stereocenters. The first-order chi connectivity index (χ1) is 11.3. The Morgan fingerprint density at radius 2 is 1.92 bits per heavy atom.